The maximum atomic E-state index is 11.4. The Bertz CT molecular complexity index is 751. The van der Waals surface area contributed by atoms with E-state index in [4.69, 9.17) is 11.6 Å². The number of aliphatic hydroxyl groups is 1. The maximum absolute atomic E-state index is 11.4. The van der Waals surface area contributed by atoms with Gasteiger partial charge in [-0.05, 0) is 24.6 Å². The predicted octanol–water partition coefficient (Wildman–Crippen LogP) is 2.06. The molecule has 5 nitrogen and oxygen atoms in total. The van der Waals surface area contributed by atoms with Crippen molar-refractivity contribution in [3.05, 3.63) is 46.2 Å². The van der Waals surface area contributed by atoms with E-state index in [0.29, 0.717) is 22.7 Å². The number of aliphatic hydroxyl groups excluding tert-OH is 1. The first-order chi connectivity index (χ1) is 9.70. The highest BCUT2D eigenvalue weighted by molar-refractivity contribution is 7.90. The van der Waals surface area contributed by atoms with Gasteiger partial charge in [-0.3, -0.25) is 4.68 Å². The van der Waals surface area contributed by atoms with Crippen LogP contribution in [0.3, 0.4) is 0 Å². The zero-order valence-electron chi connectivity index (χ0n) is 12.0. The first-order valence-electron chi connectivity index (χ1n) is 6.36. The van der Waals surface area contributed by atoms with E-state index in [1.165, 1.54) is 12.1 Å². The standard InChI is InChI=1S/C14H17ClN2O3S/c1-9-14(15)12(17(2)16-9)8-13(18)10-4-6-11(7-5-10)21(3,19)20/h4-7,13,18H,8H2,1-3H3. The highest BCUT2D eigenvalue weighted by Gasteiger charge is 2.17. The van der Waals surface area contributed by atoms with Gasteiger partial charge in [0.2, 0.25) is 0 Å². The second kappa shape index (κ2) is 5.79. The molecule has 1 aromatic heterocycles. The van der Waals surface area contributed by atoms with Crippen LogP contribution in [0.5, 0.6) is 0 Å². The summed E-state index contributed by atoms with van der Waals surface area (Å²) >= 11 is 6.16. The molecule has 0 fully saturated rings. The molecule has 7 heteroatoms. The molecular weight excluding hydrogens is 312 g/mol. The van der Waals surface area contributed by atoms with Gasteiger partial charge in [-0.25, -0.2) is 8.42 Å². The molecule has 114 valence electrons. The predicted molar refractivity (Wildman–Crippen MR) is 81.2 cm³/mol. The molecule has 2 aromatic rings. The van der Waals surface area contributed by atoms with Crippen molar-refractivity contribution in [1.29, 1.82) is 0 Å². The maximum Gasteiger partial charge on any atom is 0.175 e. The fraction of sp³-hybridized carbons (Fsp3) is 0.357. The summed E-state index contributed by atoms with van der Waals surface area (Å²) in [7, 11) is -1.46. The molecule has 0 aliphatic carbocycles. The van der Waals surface area contributed by atoms with E-state index in [1.807, 2.05) is 0 Å². The van der Waals surface area contributed by atoms with E-state index in [1.54, 1.807) is 30.8 Å². The number of halogens is 1. The number of nitrogens with zero attached hydrogens (tertiary/aromatic N) is 2. The Labute approximate surface area is 129 Å². The zero-order valence-corrected chi connectivity index (χ0v) is 13.6. The van der Waals surface area contributed by atoms with Crippen LogP contribution in [-0.4, -0.2) is 29.6 Å². The van der Waals surface area contributed by atoms with Crippen molar-refractivity contribution in [3.8, 4) is 0 Å². The summed E-state index contributed by atoms with van der Waals surface area (Å²) in [5.74, 6) is 0. The lowest BCUT2D eigenvalue weighted by atomic mass is 10.0. The SMILES string of the molecule is Cc1nn(C)c(CC(O)c2ccc(S(C)(=O)=O)cc2)c1Cl. The molecule has 1 heterocycles. The third-order valence-corrected chi connectivity index (χ3v) is 4.96. The lowest BCUT2D eigenvalue weighted by molar-refractivity contribution is 0.176. The number of benzene rings is 1. The molecular formula is C14H17ClN2O3S. The van der Waals surface area contributed by atoms with Crippen molar-refractivity contribution >= 4 is 21.4 Å². The van der Waals surface area contributed by atoms with Crippen LogP contribution in [0.15, 0.2) is 29.2 Å². The van der Waals surface area contributed by atoms with Crippen LogP contribution in [0.1, 0.15) is 23.1 Å². The molecule has 1 N–H and O–H groups in total. The highest BCUT2D eigenvalue weighted by atomic mass is 35.5. The molecule has 21 heavy (non-hydrogen) atoms. The van der Waals surface area contributed by atoms with Crippen LogP contribution in [-0.2, 0) is 23.3 Å². The minimum absolute atomic E-state index is 0.230. The molecule has 1 aromatic carbocycles. The average molecular weight is 329 g/mol. The minimum atomic E-state index is -3.23. The van der Waals surface area contributed by atoms with Gasteiger partial charge in [0.05, 0.1) is 27.4 Å². The second-order valence-electron chi connectivity index (χ2n) is 5.03. The summed E-state index contributed by atoms with van der Waals surface area (Å²) in [5.41, 5.74) is 2.10. The van der Waals surface area contributed by atoms with Crippen LogP contribution >= 0.6 is 11.6 Å². The molecule has 0 spiro atoms. The average Bonchev–Trinajstić information content (AvgIpc) is 2.64. The van der Waals surface area contributed by atoms with E-state index in [2.05, 4.69) is 5.10 Å². The van der Waals surface area contributed by atoms with Gasteiger partial charge < -0.3 is 5.11 Å². The minimum Gasteiger partial charge on any atom is -0.388 e. The van der Waals surface area contributed by atoms with Crippen LogP contribution < -0.4 is 0 Å². The van der Waals surface area contributed by atoms with Crippen molar-refractivity contribution in [2.45, 2.75) is 24.3 Å². The van der Waals surface area contributed by atoms with Crippen LogP contribution in [0, 0.1) is 6.92 Å². The third-order valence-electron chi connectivity index (χ3n) is 3.34. The summed E-state index contributed by atoms with van der Waals surface area (Å²) in [6.07, 6.45) is 0.691. The van der Waals surface area contributed by atoms with Gasteiger partial charge in [-0.2, -0.15) is 5.10 Å². The van der Waals surface area contributed by atoms with Crippen molar-refractivity contribution < 1.29 is 13.5 Å². The van der Waals surface area contributed by atoms with Gasteiger partial charge in [0.1, 0.15) is 0 Å². The number of aryl methyl sites for hydroxylation is 2. The lowest BCUT2D eigenvalue weighted by Gasteiger charge is -2.12. The van der Waals surface area contributed by atoms with Gasteiger partial charge in [-0.1, -0.05) is 23.7 Å². The fourth-order valence-corrected chi connectivity index (χ4v) is 3.01. The summed E-state index contributed by atoms with van der Waals surface area (Å²) in [5, 5.41) is 15.0. The molecule has 0 saturated heterocycles. The van der Waals surface area contributed by atoms with E-state index >= 15 is 0 Å². The molecule has 0 amide bonds. The quantitative estimate of drug-likeness (QED) is 0.932. The van der Waals surface area contributed by atoms with Crippen molar-refractivity contribution in [2.24, 2.45) is 7.05 Å². The second-order valence-corrected chi connectivity index (χ2v) is 7.42. The van der Waals surface area contributed by atoms with Crippen molar-refractivity contribution in [2.75, 3.05) is 6.26 Å². The van der Waals surface area contributed by atoms with Crippen molar-refractivity contribution in [1.82, 2.24) is 9.78 Å². The Balaban J connectivity index is 2.23. The van der Waals surface area contributed by atoms with E-state index in [-0.39, 0.29) is 4.90 Å². The number of sulfone groups is 1. The number of aromatic nitrogens is 2. The summed E-state index contributed by atoms with van der Waals surface area (Å²) in [6.45, 7) is 1.80. The summed E-state index contributed by atoms with van der Waals surface area (Å²) < 4.78 is 24.5. The molecule has 0 aliphatic rings. The lowest BCUT2D eigenvalue weighted by Crippen LogP contribution is -2.07. The molecule has 1 unspecified atom stereocenters. The topological polar surface area (TPSA) is 72.2 Å². The molecule has 0 saturated carbocycles. The molecule has 0 aliphatic heterocycles. The van der Waals surface area contributed by atoms with Crippen LogP contribution in [0.2, 0.25) is 5.02 Å². The van der Waals surface area contributed by atoms with Gasteiger partial charge in [0.15, 0.2) is 9.84 Å². The number of rotatable bonds is 4. The fourth-order valence-electron chi connectivity index (χ4n) is 2.14. The number of hydrogen-bond donors (Lipinski definition) is 1. The van der Waals surface area contributed by atoms with Gasteiger partial charge in [-0.15, -0.1) is 0 Å². The van der Waals surface area contributed by atoms with E-state index < -0.39 is 15.9 Å². The van der Waals surface area contributed by atoms with Crippen LogP contribution in [0.25, 0.3) is 0 Å². The Morgan fingerprint density at radius 1 is 1.33 bits per heavy atom. The first-order valence-corrected chi connectivity index (χ1v) is 8.63. The first kappa shape index (κ1) is 16.0. The Hall–Kier alpha value is -1.37. The smallest absolute Gasteiger partial charge is 0.175 e. The molecule has 0 bridgehead atoms. The normalized spacial score (nSPS) is 13.4. The largest absolute Gasteiger partial charge is 0.388 e. The highest BCUT2D eigenvalue weighted by Crippen LogP contribution is 2.26. The summed E-state index contributed by atoms with van der Waals surface area (Å²) in [4.78, 5) is 0.230. The Kier molecular flexibility index (Phi) is 4.41. The van der Waals surface area contributed by atoms with Crippen molar-refractivity contribution in [3.63, 3.8) is 0 Å². The van der Waals surface area contributed by atoms with Gasteiger partial charge in [0.25, 0.3) is 0 Å². The monoisotopic (exact) mass is 328 g/mol. The molecule has 1 atom stereocenters. The Morgan fingerprint density at radius 2 is 1.90 bits per heavy atom. The summed E-state index contributed by atoms with van der Waals surface area (Å²) in [6, 6.07) is 6.20. The Morgan fingerprint density at radius 3 is 2.33 bits per heavy atom. The van der Waals surface area contributed by atoms with Gasteiger partial charge >= 0.3 is 0 Å². The van der Waals surface area contributed by atoms with Gasteiger partial charge in [0, 0.05) is 19.7 Å². The zero-order chi connectivity index (χ0) is 15.8. The van der Waals surface area contributed by atoms with Crippen LogP contribution in [0.4, 0.5) is 0 Å². The van der Waals surface area contributed by atoms with E-state index in [0.717, 1.165) is 11.9 Å². The van der Waals surface area contributed by atoms with E-state index in [9.17, 15) is 13.5 Å². The third kappa shape index (κ3) is 3.45. The number of hydrogen-bond acceptors (Lipinski definition) is 4. The molecule has 2 rings (SSSR count). The molecule has 0 radical (unpaired) electrons.